The summed E-state index contributed by atoms with van der Waals surface area (Å²) >= 11 is 0. The van der Waals surface area contributed by atoms with Crippen LogP contribution in [0.5, 0.6) is 5.75 Å². The number of hydrogen-bond donors (Lipinski definition) is 0. The van der Waals surface area contributed by atoms with Crippen LogP contribution in [0.4, 0.5) is 0 Å². The van der Waals surface area contributed by atoms with Gasteiger partial charge in [0.15, 0.2) is 5.78 Å². The summed E-state index contributed by atoms with van der Waals surface area (Å²) in [5.41, 5.74) is 3.86. The van der Waals surface area contributed by atoms with Crippen molar-refractivity contribution in [1.82, 2.24) is 14.0 Å². The van der Waals surface area contributed by atoms with E-state index in [1.165, 1.54) is 0 Å². The summed E-state index contributed by atoms with van der Waals surface area (Å²) in [6, 6.07) is 19.8. The van der Waals surface area contributed by atoms with Gasteiger partial charge in [-0.05, 0) is 79.5 Å². The minimum absolute atomic E-state index is 0.0259. The van der Waals surface area contributed by atoms with Crippen molar-refractivity contribution >= 4 is 38.4 Å². The van der Waals surface area contributed by atoms with E-state index in [2.05, 4.69) is 29.4 Å². The highest BCUT2D eigenvalue weighted by Crippen LogP contribution is 2.34. The first kappa shape index (κ1) is 28.1. The second kappa shape index (κ2) is 12.3. The molecule has 0 aliphatic rings. The van der Waals surface area contributed by atoms with Crippen LogP contribution in [-0.2, 0) is 13.1 Å². The van der Waals surface area contributed by atoms with Crippen LogP contribution >= 0.6 is 0 Å². The second-order valence-electron chi connectivity index (χ2n) is 9.48. The first-order valence-corrected chi connectivity index (χ1v) is 13.9. The molecule has 0 saturated carbocycles. The van der Waals surface area contributed by atoms with E-state index >= 15 is 0 Å². The Morgan fingerprint density at radius 3 is 2.21 bits per heavy atom. The van der Waals surface area contributed by atoms with Crippen molar-refractivity contribution in [2.75, 3.05) is 26.7 Å². The predicted octanol–water partition coefficient (Wildman–Crippen LogP) is 6.74. The molecule has 0 fully saturated rings. The summed E-state index contributed by atoms with van der Waals surface area (Å²) in [6.07, 6.45) is 1.88. The Balaban J connectivity index is 0.00000172. The van der Waals surface area contributed by atoms with Gasteiger partial charge in [-0.15, -0.1) is 0 Å². The van der Waals surface area contributed by atoms with Crippen molar-refractivity contribution in [3.8, 4) is 5.75 Å². The van der Waals surface area contributed by atoms with E-state index in [1.807, 2.05) is 74.6 Å². The molecule has 5 rings (SSSR count). The molecule has 6 heteroatoms. The van der Waals surface area contributed by atoms with Crippen molar-refractivity contribution in [2.45, 2.75) is 47.7 Å². The molecule has 0 bridgehead atoms. The summed E-state index contributed by atoms with van der Waals surface area (Å²) in [7, 11) is 1.64. The number of hydrogen-bond acceptors (Lipinski definition) is 4. The zero-order valence-corrected chi connectivity index (χ0v) is 24.0. The van der Waals surface area contributed by atoms with Crippen LogP contribution in [0.2, 0.25) is 0 Å². The molecule has 2 heterocycles. The van der Waals surface area contributed by atoms with E-state index in [0.717, 1.165) is 64.7 Å². The van der Waals surface area contributed by atoms with E-state index < -0.39 is 0 Å². The van der Waals surface area contributed by atoms with Gasteiger partial charge in [0.2, 0.25) is 0 Å². The Bertz CT molecular complexity index is 1660. The van der Waals surface area contributed by atoms with Gasteiger partial charge in [-0.3, -0.25) is 9.59 Å². The van der Waals surface area contributed by atoms with Crippen LogP contribution in [0.15, 0.2) is 71.7 Å². The lowest BCUT2D eigenvalue weighted by molar-refractivity contribution is 0.101. The van der Waals surface area contributed by atoms with Gasteiger partial charge in [-0.25, -0.2) is 0 Å². The number of fused-ring (bicyclic) bond motifs is 5. The number of likely N-dealkylation sites (N-methyl/N-ethyl adjacent to an activating group) is 1. The van der Waals surface area contributed by atoms with Crippen molar-refractivity contribution in [3.05, 3.63) is 88.3 Å². The second-order valence-corrected chi connectivity index (χ2v) is 9.48. The number of ketones is 1. The first-order valence-electron chi connectivity index (χ1n) is 13.9. The Morgan fingerprint density at radius 1 is 0.872 bits per heavy atom. The number of methoxy groups -OCH3 is 1. The molecule has 0 unspecified atom stereocenters. The first-order chi connectivity index (χ1) is 18.9. The molecule has 2 aromatic heterocycles. The number of pyridine rings is 1. The maximum absolute atomic E-state index is 13.6. The van der Waals surface area contributed by atoms with Crippen LogP contribution in [0.3, 0.4) is 0 Å². The average molecular weight is 526 g/mol. The lowest BCUT2D eigenvalue weighted by atomic mass is 10.0. The fourth-order valence-corrected chi connectivity index (χ4v) is 5.26. The Kier molecular flexibility index (Phi) is 8.87. The third kappa shape index (κ3) is 5.48. The van der Waals surface area contributed by atoms with Gasteiger partial charge in [0.25, 0.3) is 5.56 Å². The molecule has 204 valence electrons. The number of ether oxygens (including phenoxy) is 1. The van der Waals surface area contributed by atoms with Crippen LogP contribution < -0.4 is 10.3 Å². The Hall–Kier alpha value is -3.90. The molecule has 6 nitrogen and oxygen atoms in total. The fourth-order valence-electron chi connectivity index (χ4n) is 5.26. The molecule has 0 saturated heterocycles. The van der Waals surface area contributed by atoms with Gasteiger partial charge in [0, 0.05) is 52.0 Å². The zero-order chi connectivity index (χ0) is 28.1. The third-order valence-electron chi connectivity index (χ3n) is 7.44. The minimum atomic E-state index is -0.0259. The summed E-state index contributed by atoms with van der Waals surface area (Å²) < 4.78 is 9.33. The molecule has 0 amide bonds. The van der Waals surface area contributed by atoms with Crippen molar-refractivity contribution < 1.29 is 9.53 Å². The molecule has 0 spiro atoms. The Morgan fingerprint density at radius 2 is 1.56 bits per heavy atom. The molecule has 0 aliphatic heterocycles. The van der Waals surface area contributed by atoms with E-state index in [0.29, 0.717) is 17.5 Å². The van der Waals surface area contributed by atoms with Gasteiger partial charge < -0.3 is 18.8 Å². The molecule has 0 N–H and O–H groups in total. The summed E-state index contributed by atoms with van der Waals surface area (Å²) in [5.74, 6) is 0.826. The molecule has 0 aliphatic carbocycles. The fraction of sp³-hybridized carbons (Fsp3) is 0.333. The maximum atomic E-state index is 13.6. The molecule has 5 aromatic rings. The normalized spacial score (nSPS) is 11.3. The Labute approximate surface area is 230 Å². The number of nitrogens with zero attached hydrogens (tertiary/aromatic N) is 3. The highest BCUT2D eigenvalue weighted by atomic mass is 16.5. The molecule has 0 atom stereocenters. The number of carbonyl (C=O) groups is 1. The van der Waals surface area contributed by atoms with Gasteiger partial charge >= 0.3 is 0 Å². The smallest absolute Gasteiger partial charge is 0.258 e. The monoisotopic (exact) mass is 525 g/mol. The van der Waals surface area contributed by atoms with Gasteiger partial charge in [-0.1, -0.05) is 39.8 Å². The SMILES string of the molecule is CC.CCN(CC)CCn1c2ccc(C(C)=O)cc2c2c3ccn(Cc4ccc(OC)cc4)c(=O)c3ccc21. The lowest BCUT2D eigenvalue weighted by Gasteiger charge is -2.19. The summed E-state index contributed by atoms with van der Waals surface area (Å²) in [6.45, 7) is 14.2. The highest BCUT2D eigenvalue weighted by molar-refractivity contribution is 6.21. The summed E-state index contributed by atoms with van der Waals surface area (Å²) in [4.78, 5) is 28.2. The van der Waals surface area contributed by atoms with Crippen LogP contribution in [0.25, 0.3) is 32.6 Å². The van der Waals surface area contributed by atoms with E-state index in [-0.39, 0.29) is 11.3 Å². The van der Waals surface area contributed by atoms with Gasteiger partial charge in [0.1, 0.15) is 5.75 Å². The average Bonchev–Trinajstić information content (AvgIpc) is 3.29. The lowest BCUT2D eigenvalue weighted by Crippen LogP contribution is -2.27. The van der Waals surface area contributed by atoms with Crippen LogP contribution in [0.1, 0.15) is 50.5 Å². The van der Waals surface area contributed by atoms with E-state index in [4.69, 9.17) is 4.74 Å². The van der Waals surface area contributed by atoms with Gasteiger partial charge in [0.05, 0.1) is 13.7 Å². The zero-order valence-electron chi connectivity index (χ0n) is 24.0. The topological polar surface area (TPSA) is 56.5 Å². The van der Waals surface area contributed by atoms with Crippen molar-refractivity contribution in [3.63, 3.8) is 0 Å². The quantitative estimate of drug-likeness (QED) is 0.200. The minimum Gasteiger partial charge on any atom is -0.497 e. The number of Topliss-reactive ketones (excluding diaryl/α,β-unsaturated/α-hetero) is 1. The highest BCUT2D eigenvalue weighted by Gasteiger charge is 2.17. The molecule has 39 heavy (non-hydrogen) atoms. The number of benzene rings is 3. The molecular weight excluding hydrogens is 486 g/mol. The predicted molar refractivity (Wildman–Crippen MR) is 162 cm³/mol. The van der Waals surface area contributed by atoms with E-state index in [1.54, 1.807) is 18.6 Å². The van der Waals surface area contributed by atoms with Crippen molar-refractivity contribution in [2.24, 2.45) is 0 Å². The molecular formula is C33H39N3O3. The largest absolute Gasteiger partial charge is 0.497 e. The standard InChI is InChI=1S/C31H33N3O3.C2H6/c1-5-32(6-2)17-18-34-28-13-9-23(21(3)35)19-27(28)30-25-15-16-33(31(36)26(25)12-14-29(30)34)20-22-7-10-24(37-4)11-8-22;1-2/h7-16,19H,5-6,17-18,20H2,1-4H3;1-2H3. The third-order valence-corrected chi connectivity index (χ3v) is 7.44. The van der Waals surface area contributed by atoms with Crippen LogP contribution in [-0.4, -0.2) is 46.6 Å². The van der Waals surface area contributed by atoms with E-state index in [9.17, 15) is 9.59 Å². The summed E-state index contributed by atoms with van der Waals surface area (Å²) in [5, 5.41) is 3.64. The maximum Gasteiger partial charge on any atom is 0.258 e. The number of rotatable bonds is 9. The number of carbonyl (C=O) groups excluding carboxylic acids is 1. The van der Waals surface area contributed by atoms with Crippen molar-refractivity contribution in [1.29, 1.82) is 0 Å². The van der Waals surface area contributed by atoms with Crippen LogP contribution in [0, 0.1) is 0 Å². The molecule has 3 aromatic carbocycles. The number of aromatic nitrogens is 2. The molecule has 0 radical (unpaired) electrons. The van der Waals surface area contributed by atoms with Gasteiger partial charge in [-0.2, -0.15) is 0 Å².